The third-order valence-corrected chi connectivity index (χ3v) is 7.44. The summed E-state index contributed by atoms with van der Waals surface area (Å²) in [4.78, 5) is 29.7. The number of aryl methyl sites for hydroxylation is 1. The number of halogens is 1. The minimum absolute atomic E-state index is 0.187. The van der Waals surface area contributed by atoms with E-state index in [4.69, 9.17) is 31.2 Å². The Kier molecular flexibility index (Phi) is 9.11. The fourth-order valence-corrected chi connectivity index (χ4v) is 5.06. The van der Waals surface area contributed by atoms with Gasteiger partial charge in [0, 0.05) is 5.56 Å². The average Bonchev–Trinajstić information content (AvgIpc) is 3.00. The van der Waals surface area contributed by atoms with Crippen molar-refractivity contribution in [2.24, 2.45) is 5.10 Å². The average molecular weight is 610 g/mol. The van der Waals surface area contributed by atoms with Crippen molar-refractivity contribution in [2.45, 2.75) is 40.2 Å². The van der Waals surface area contributed by atoms with E-state index in [1.165, 1.54) is 16.8 Å². The molecule has 0 saturated heterocycles. The highest BCUT2D eigenvalue weighted by Crippen LogP contribution is 2.34. The van der Waals surface area contributed by atoms with Crippen LogP contribution in [0, 0.1) is 6.92 Å². The van der Waals surface area contributed by atoms with Crippen molar-refractivity contribution in [2.75, 3.05) is 6.61 Å². The number of carbonyl (C=O) groups is 1. The fraction of sp³-hybridized carbons (Fsp3) is 0.200. The van der Waals surface area contributed by atoms with E-state index < -0.39 is 5.97 Å². The van der Waals surface area contributed by atoms with E-state index in [0.717, 1.165) is 28.0 Å². The Morgan fingerprint density at radius 3 is 2.45 bits per heavy atom. The van der Waals surface area contributed by atoms with Gasteiger partial charge in [-0.25, -0.2) is 9.78 Å². The normalized spacial score (nSPS) is 11.4. The number of carboxylic acid groups (broad SMARTS) is 1. The lowest BCUT2D eigenvalue weighted by Gasteiger charge is -2.18. The zero-order valence-electron chi connectivity index (χ0n) is 24.9. The van der Waals surface area contributed by atoms with Crippen LogP contribution in [-0.2, 0) is 6.61 Å². The van der Waals surface area contributed by atoms with Crippen LogP contribution in [0.3, 0.4) is 0 Å². The van der Waals surface area contributed by atoms with Gasteiger partial charge in [-0.1, -0.05) is 49.7 Å². The van der Waals surface area contributed by atoms with Gasteiger partial charge in [0.1, 0.15) is 18.1 Å². The van der Waals surface area contributed by atoms with Crippen LogP contribution in [0.1, 0.15) is 59.3 Å². The molecule has 44 heavy (non-hydrogen) atoms. The maximum Gasteiger partial charge on any atom is 0.335 e. The maximum absolute atomic E-state index is 13.7. The quantitative estimate of drug-likeness (QED) is 0.163. The molecule has 224 valence electrons. The molecule has 1 aromatic heterocycles. The molecule has 0 unspecified atom stereocenters. The van der Waals surface area contributed by atoms with Gasteiger partial charge in [0.05, 0.1) is 34.3 Å². The van der Waals surface area contributed by atoms with Gasteiger partial charge in [0.25, 0.3) is 5.56 Å². The Hall–Kier alpha value is -4.95. The van der Waals surface area contributed by atoms with Gasteiger partial charge in [-0.3, -0.25) is 4.79 Å². The second-order valence-corrected chi connectivity index (χ2v) is 11.0. The molecule has 0 amide bonds. The molecule has 1 N–H and O–H groups in total. The SMILES string of the molecule is CCOc1cc(C)c(-c2nc3ccccc3c(=O)n2N=Cc2ccc(OCc3ccc(C(=O)O)cc3)c(Cl)c2)cc1C(C)C. The zero-order chi connectivity index (χ0) is 31.4. The summed E-state index contributed by atoms with van der Waals surface area (Å²) in [7, 11) is 0. The standard InChI is InChI=1S/C35H32ClN3O5/c1-5-43-32-16-22(4)28(18-27(32)21(2)3)33-38-30-9-7-6-8-26(30)34(40)39(33)37-19-24-12-15-31(29(36)17-24)44-20-23-10-13-25(14-11-23)35(41)42/h6-19,21H,5,20H2,1-4H3,(H,41,42). The third kappa shape index (κ3) is 6.50. The van der Waals surface area contributed by atoms with E-state index in [2.05, 4.69) is 18.9 Å². The summed E-state index contributed by atoms with van der Waals surface area (Å²) >= 11 is 6.53. The van der Waals surface area contributed by atoms with Gasteiger partial charge in [0.2, 0.25) is 0 Å². The molecule has 0 spiro atoms. The predicted molar refractivity (Wildman–Crippen MR) is 174 cm³/mol. The number of ether oxygens (including phenoxy) is 2. The Balaban J connectivity index is 1.49. The summed E-state index contributed by atoms with van der Waals surface area (Å²) in [6.07, 6.45) is 1.56. The molecule has 0 saturated carbocycles. The highest BCUT2D eigenvalue weighted by molar-refractivity contribution is 6.32. The molecule has 4 aromatic carbocycles. The van der Waals surface area contributed by atoms with Crippen molar-refractivity contribution in [1.82, 2.24) is 9.66 Å². The second kappa shape index (κ2) is 13.1. The fourth-order valence-electron chi connectivity index (χ4n) is 4.82. The molecule has 0 aliphatic rings. The van der Waals surface area contributed by atoms with Crippen LogP contribution < -0.4 is 15.0 Å². The number of fused-ring (bicyclic) bond motifs is 1. The molecule has 1 heterocycles. The number of aromatic nitrogens is 2. The number of hydrogen-bond donors (Lipinski definition) is 1. The first-order valence-corrected chi connectivity index (χ1v) is 14.6. The highest BCUT2D eigenvalue weighted by Gasteiger charge is 2.18. The van der Waals surface area contributed by atoms with Gasteiger partial charge in [-0.05, 0) is 96.6 Å². The Morgan fingerprint density at radius 2 is 1.77 bits per heavy atom. The summed E-state index contributed by atoms with van der Waals surface area (Å²) in [6.45, 7) is 8.89. The Bertz CT molecular complexity index is 1930. The molecule has 8 nitrogen and oxygen atoms in total. The molecule has 5 aromatic rings. The van der Waals surface area contributed by atoms with Gasteiger partial charge in [-0.15, -0.1) is 0 Å². The first-order valence-electron chi connectivity index (χ1n) is 14.2. The monoisotopic (exact) mass is 609 g/mol. The molecule has 0 fully saturated rings. The first-order chi connectivity index (χ1) is 21.2. The Labute approximate surface area is 260 Å². The van der Waals surface area contributed by atoms with Gasteiger partial charge < -0.3 is 14.6 Å². The number of hydrogen-bond acceptors (Lipinski definition) is 6. The first kappa shape index (κ1) is 30.5. The number of benzene rings is 4. The maximum atomic E-state index is 13.7. The van der Waals surface area contributed by atoms with Crippen molar-refractivity contribution in [1.29, 1.82) is 0 Å². The summed E-state index contributed by atoms with van der Waals surface area (Å²) in [5, 5.41) is 14.5. The number of para-hydroxylation sites is 1. The molecule has 0 aliphatic carbocycles. The van der Waals surface area contributed by atoms with E-state index in [1.54, 1.807) is 48.7 Å². The topological polar surface area (TPSA) is 103 Å². The zero-order valence-corrected chi connectivity index (χ0v) is 25.6. The number of rotatable bonds is 10. The van der Waals surface area contributed by atoms with E-state index in [9.17, 15) is 9.59 Å². The predicted octanol–water partition coefficient (Wildman–Crippen LogP) is 7.71. The van der Waals surface area contributed by atoms with Crippen molar-refractivity contribution in [3.63, 3.8) is 0 Å². The molecule has 0 atom stereocenters. The van der Waals surface area contributed by atoms with Crippen LogP contribution in [-0.4, -0.2) is 33.6 Å². The van der Waals surface area contributed by atoms with Crippen molar-refractivity contribution in [3.8, 4) is 22.9 Å². The van der Waals surface area contributed by atoms with Crippen LogP contribution in [0.4, 0.5) is 0 Å². The van der Waals surface area contributed by atoms with E-state index in [0.29, 0.717) is 39.7 Å². The summed E-state index contributed by atoms with van der Waals surface area (Å²) < 4.78 is 13.1. The summed E-state index contributed by atoms with van der Waals surface area (Å²) in [6, 6.07) is 22.9. The van der Waals surface area contributed by atoms with Gasteiger partial charge in [0.15, 0.2) is 5.82 Å². The molecule has 9 heteroatoms. The lowest BCUT2D eigenvalue weighted by Crippen LogP contribution is -2.20. The van der Waals surface area contributed by atoms with E-state index in [1.807, 2.05) is 38.1 Å². The molecule has 5 rings (SSSR count). The van der Waals surface area contributed by atoms with Gasteiger partial charge in [-0.2, -0.15) is 9.78 Å². The van der Waals surface area contributed by atoms with Crippen LogP contribution in [0.15, 0.2) is 88.8 Å². The Morgan fingerprint density at radius 1 is 1.02 bits per heavy atom. The molecule has 0 bridgehead atoms. The lowest BCUT2D eigenvalue weighted by molar-refractivity contribution is 0.0697. The van der Waals surface area contributed by atoms with Crippen molar-refractivity contribution in [3.05, 3.63) is 122 Å². The molecule has 0 aliphatic heterocycles. The largest absolute Gasteiger partial charge is 0.494 e. The summed E-state index contributed by atoms with van der Waals surface area (Å²) in [5.74, 6) is 0.902. The minimum Gasteiger partial charge on any atom is -0.494 e. The number of carboxylic acids is 1. The number of nitrogens with zero attached hydrogens (tertiary/aromatic N) is 3. The van der Waals surface area contributed by atoms with Crippen LogP contribution in [0.5, 0.6) is 11.5 Å². The van der Waals surface area contributed by atoms with E-state index >= 15 is 0 Å². The van der Waals surface area contributed by atoms with Crippen molar-refractivity contribution >= 4 is 34.7 Å². The van der Waals surface area contributed by atoms with Crippen LogP contribution in [0.25, 0.3) is 22.3 Å². The minimum atomic E-state index is -0.985. The molecule has 0 radical (unpaired) electrons. The lowest BCUT2D eigenvalue weighted by atomic mass is 9.96. The summed E-state index contributed by atoms with van der Waals surface area (Å²) in [5.41, 5.74) is 4.68. The van der Waals surface area contributed by atoms with Crippen molar-refractivity contribution < 1.29 is 19.4 Å². The second-order valence-electron chi connectivity index (χ2n) is 10.6. The number of aromatic carboxylic acids is 1. The van der Waals surface area contributed by atoms with Gasteiger partial charge >= 0.3 is 5.97 Å². The van der Waals surface area contributed by atoms with Crippen LogP contribution >= 0.6 is 11.6 Å². The molecular formula is C35H32ClN3O5. The highest BCUT2D eigenvalue weighted by atomic mass is 35.5. The van der Waals surface area contributed by atoms with E-state index in [-0.39, 0.29) is 23.6 Å². The third-order valence-electron chi connectivity index (χ3n) is 7.15. The van der Waals surface area contributed by atoms with Crippen LogP contribution in [0.2, 0.25) is 5.02 Å². The molecular weight excluding hydrogens is 578 g/mol. The smallest absolute Gasteiger partial charge is 0.335 e.